The first-order valence-electron chi connectivity index (χ1n) is 21.9. The maximum absolute atomic E-state index is 5.74. The van der Waals surface area contributed by atoms with Crippen molar-refractivity contribution in [2.24, 2.45) is 0 Å². The average molecular weight is 816 g/mol. The zero-order chi connectivity index (χ0) is 41.9. The predicted octanol–water partition coefficient (Wildman–Crippen LogP) is 15.1. The summed E-state index contributed by atoms with van der Waals surface area (Å²) >= 11 is 0. The van der Waals surface area contributed by atoms with Crippen molar-refractivity contribution in [1.82, 2.24) is 23.3 Å². The second-order valence-corrected chi connectivity index (χ2v) is 16.8. The van der Waals surface area contributed by atoms with Crippen molar-refractivity contribution in [1.29, 1.82) is 0 Å². The molecule has 64 heavy (non-hydrogen) atoms. The molecule has 0 aliphatic heterocycles. The van der Waals surface area contributed by atoms with Crippen LogP contribution in [-0.2, 0) is 0 Å². The fourth-order valence-electron chi connectivity index (χ4n) is 10.6. The van der Waals surface area contributed by atoms with Crippen LogP contribution < -0.4 is 0 Å². The second kappa shape index (κ2) is 13.4. The van der Waals surface area contributed by atoms with Crippen LogP contribution in [0.25, 0.3) is 121 Å². The Labute approximate surface area is 367 Å². The van der Waals surface area contributed by atoms with Gasteiger partial charge in [-0.1, -0.05) is 152 Å². The van der Waals surface area contributed by atoms with Gasteiger partial charge in [0, 0.05) is 54.5 Å². The van der Waals surface area contributed by atoms with Crippen LogP contribution in [0.15, 0.2) is 224 Å². The third-order valence-corrected chi connectivity index (χ3v) is 13.4. The first kappa shape index (κ1) is 35.0. The zero-order valence-corrected chi connectivity index (χ0v) is 34.6. The third kappa shape index (κ3) is 4.98. The number of para-hydroxylation sites is 6. The van der Waals surface area contributed by atoms with E-state index in [1.165, 1.54) is 65.2 Å². The molecular weight excluding hydrogens is 779 g/mol. The van der Waals surface area contributed by atoms with Gasteiger partial charge in [-0.25, -0.2) is 4.98 Å². The summed E-state index contributed by atoms with van der Waals surface area (Å²) in [6.07, 6.45) is 0. The molecule has 0 N–H and O–H groups in total. The quantitative estimate of drug-likeness (QED) is 0.170. The fourth-order valence-corrected chi connectivity index (χ4v) is 10.6. The molecule has 0 spiro atoms. The summed E-state index contributed by atoms with van der Waals surface area (Å²) in [6.45, 7) is 0. The maximum atomic E-state index is 5.74. The monoisotopic (exact) mass is 815 g/mol. The molecule has 0 bridgehead atoms. The molecule has 5 nitrogen and oxygen atoms in total. The van der Waals surface area contributed by atoms with Gasteiger partial charge in [-0.2, -0.15) is 0 Å². The van der Waals surface area contributed by atoms with Crippen molar-refractivity contribution in [3.63, 3.8) is 0 Å². The fraction of sp³-hybridized carbons (Fsp3) is 0. The minimum Gasteiger partial charge on any atom is -0.309 e. The van der Waals surface area contributed by atoms with E-state index in [-0.39, 0.29) is 0 Å². The lowest BCUT2D eigenvalue weighted by atomic mass is 10.1. The molecule has 9 aromatic carbocycles. The van der Waals surface area contributed by atoms with Crippen molar-refractivity contribution < 1.29 is 0 Å². The molecule has 0 radical (unpaired) electrons. The Morgan fingerprint density at radius 1 is 0.219 bits per heavy atom. The molecule has 5 heterocycles. The molecule has 5 aromatic heterocycles. The summed E-state index contributed by atoms with van der Waals surface area (Å²) in [6, 6.07) is 81.4. The van der Waals surface area contributed by atoms with Crippen LogP contribution >= 0.6 is 0 Å². The number of hydrogen-bond acceptors (Lipinski definition) is 1. The van der Waals surface area contributed by atoms with E-state index in [2.05, 4.69) is 243 Å². The van der Waals surface area contributed by atoms with Crippen LogP contribution in [0, 0.1) is 0 Å². The highest BCUT2D eigenvalue weighted by atomic mass is 15.1. The Kier molecular flexibility index (Phi) is 7.33. The highest BCUT2D eigenvalue weighted by Crippen LogP contribution is 2.40. The largest absolute Gasteiger partial charge is 0.309 e. The van der Waals surface area contributed by atoms with Crippen LogP contribution in [0.3, 0.4) is 0 Å². The van der Waals surface area contributed by atoms with Gasteiger partial charge < -0.3 is 9.13 Å². The first-order chi connectivity index (χ1) is 31.8. The lowest BCUT2D eigenvalue weighted by Crippen LogP contribution is -2.05. The Bertz CT molecular complexity index is 3840. The minimum absolute atomic E-state index is 0.853. The molecule has 0 saturated heterocycles. The highest BCUT2D eigenvalue weighted by Gasteiger charge is 2.21. The first-order valence-corrected chi connectivity index (χ1v) is 21.9. The summed E-state index contributed by atoms with van der Waals surface area (Å²) in [5.41, 5.74) is 13.6. The summed E-state index contributed by atoms with van der Waals surface area (Å²) in [4.78, 5) is 5.74. The van der Waals surface area contributed by atoms with Gasteiger partial charge in [0.15, 0.2) is 0 Å². The molecule has 14 rings (SSSR count). The Hall–Kier alpha value is -8.67. The van der Waals surface area contributed by atoms with Crippen LogP contribution in [0.4, 0.5) is 0 Å². The molecule has 0 fully saturated rings. The molecule has 0 amide bonds. The number of rotatable bonds is 5. The summed E-state index contributed by atoms with van der Waals surface area (Å²) in [5.74, 6) is 1.71. The Balaban J connectivity index is 1.06. The summed E-state index contributed by atoms with van der Waals surface area (Å²) in [5, 5.41) is 9.71. The molecule has 0 saturated carbocycles. The van der Waals surface area contributed by atoms with Crippen molar-refractivity contribution in [2.75, 3.05) is 0 Å². The standard InChI is InChI=1S/C59H37N5/c1-2-16-38(17-3-1)39-34-58(63-54-28-14-8-22-46(54)48-32-30-40(36-56(48)63)61-50-24-10-4-18-42(50)43-19-5-11-25-51(43)61)60-59(35-39)64-55-29-15-9-23-47(55)49-33-31-41(37-57(49)64)62-52-26-12-6-20-44(52)45-21-7-13-27-53(45)62/h1-37H. The van der Waals surface area contributed by atoms with Gasteiger partial charge in [-0.05, 0) is 83.9 Å². The van der Waals surface area contributed by atoms with Crippen LogP contribution in [0.5, 0.6) is 0 Å². The number of benzene rings is 9. The van der Waals surface area contributed by atoms with Gasteiger partial charge in [0.1, 0.15) is 11.6 Å². The van der Waals surface area contributed by atoms with E-state index in [0.717, 1.165) is 56.2 Å². The smallest absolute Gasteiger partial charge is 0.140 e. The van der Waals surface area contributed by atoms with Crippen LogP contribution in [-0.4, -0.2) is 23.3 Å². The van der Waals surface area contributed by atoms with E-state index in [1.807, 2.05) is 0 Å². The van der Waals surface area contributed by atoms with Gasteiger partial charge in [0.25, 0.3) is 0 Å². The normalized spacial score (nSPS) is 12.1. The maximum Gasteiger partial charge on any atom is 0.140 e. The lowest BCUT2D eigenvalue weighted by molar-refractivity contribution is 1.01. The molecule has 5 heteroatoms. The van der Waals surface area contributed by atoms with Gasteiger partial charge in [0.2, 0.25) is 0 Å². The summed E-state index contributed by atoms with van der Waals surface area (Å²) in [7, 11) is 0. The van der Waals surface area contributed by atoms with Crippen LogP contribution in [0.1, 0.15) is 0 Å². The third-order valence-electron chi connectivity index (χ3n) is 13.4. The SMILES string of the molecule is c1ccc(-c2cc(-n3c4ccccc4c4ccc(-n5c6ccccc6c6ccccc65)cc43)nc(-n3c4ccccc4c4ccc(-n5c6ccccc6c6ccccc65)cc43)c2)cc1. The van der Waals surface area contributed by atoms with Crippen molar-refractivity contribution >= 4 is 87.2 Å². The molecule has 14 aromatic rings. The van der Waals surface area contributed by atoms with Gasteiger partial charge in [-0.15, -0.1) is 0 Å². The van der Waals surface area contributed by atoms with E-state index >= 15 is 0 Å². The van der Waals surface area contributed by atoms with Crippen molar-refractivity contribution in [2.45, 2.75) is 0 Å². The molecule has 0 aliphatic carbocycles. The van der Waals surface area contributed by atoms with E-state index in [1.54, 1.807) is 0 Å². The Morgan fingerprint density at radius 3 is 0.875 bits per heavy atom. The van der Waals surface area contributed by atoms with E-state index < -0.39 is 0 Å². The average Bonchev–Trinajstić information content (AvgIpc) is 4.09. The molecule has 0 unspecified atom stereocenters. The van der Waals surface area contributed by atoms with Gasteiger partial charge in [0.05, 0.1) is 44.1 Å². The highest BCUT2D eigenvalue weighted by molar-refractivity contribution is 6.14. The Morgan fingerprint density at radius 2 is 0.516 bits per heavy atom. The van der Waals surface area contributed by atoms with E-state index in [9.17, 15) is 0 Å². The molecule has 0 atom stereocenters. The van der Waals surface area contributed by atoms with Crippen LogP contribution in [0.2, 0.25) is 0 Å². The number of pyridine rings is 1. The zero-order valence-electron chi connectivity index (χ0n) is 34.6. The van der Waals surface area contributed by atoms with Crippen molar-refractivity contribution in [3.8, 4) is 34.1 Å². The lowest BCUT2D eigenvalue weighted by Gasteiger charge is -2.16. The predicted molar refractivity (Wildman–Crippen MR) is 267 cm³/mol. The second-order valence-electron chi connectivity index (χ2n) is 16.8. The molecular formula is C59H37N5. The minimum atomic E-state index is 0.853. The number of fused-ring (bicyclic) bond motifs is 12. The topological polar surface area (TPSA) is 32.6 Å². The molecule has 298 valence electrons. The number of aromatic nitrogens is 5. The van der Waals surface area contributed by atoms with Gasteiger partial charge in [-0.3, -0.25) is 9.13 Å². The number of hydrogen-bond donors (Lipinski definition) is 0. The molecule has 0 aliphatic rings. The van der Waals surface area contributed by atoms with Gasteiger partial charge >= 0.3 is 0 Å². The van der Waals surface area contributed by atoms with Crippen molar-refractivity contribution in [3.05, 3.63) is 224 Å². The van der Waals surface area contributed by atoms with E-state index in [4.69, 9.17) is 4.98 Å². The number of nitrogens with zero attached hydrogens (tertiary/aromatic N) is 5. The van der Waals surface area contributed by atoms with E-state index in [0.29, 0.717) is 0 Å². The summed E-state index contributed by atoms with van der Waals surface area (Å²) < 4.78 is 9.54.